The maximum absolute atomic E-state index is 10.8. The van der Waals surface area contributed by atoms with Gasteiger partial charge in [0.2, 0.25) is 10.8 Å². The fourth-order valence-electron chi connectivity index (χ4n) is 3.76. The van der Waals surface area contributed by atoms with Crippen LogP contribution in [-0.2, 0) is 0 Å². The minimum Gasteiger partial charge on any atom is -0.492 e. The molecule has 1 aliphatic heterocycles. The van der Waals surface area contributed by atoms with Crippen LogP contribution in [0.25, 0.3) is 4.96 Å². The number of aromatic nitrogens is 3. The number of aryl methyl sites for hydroxylation is 2. The smallest absolute Gasteiger partial charge is 0.230 e. The molecule has 2 aromatic heterocycles. The highest BCUT2D eigenvalue weighted by Gasteiger charge is 2.31. The summed E-state index contributed by atoms with van der Waals surface area (Å²) in [5.41, 5.74) is 2.47. The first-order valence-electron chi connectivity index (χ1n) is 8.88. The lowest BCUT2D eigenvalue weighted by molar-refractivity contribution is 0.149. The van der Waals surface area contributed by atoms with Crippen LogP contribution in [0.4, 0.5) is 0 Å². The Labute approximate surface area is 151 Å². The molecular formula is C19H24N4OS. The molecule has 0 bridgehead atoms. The molecule has 25 heavy (non-hydrogen) atoms. The van der Waals surface area contributed by atoms with Crippen LogP contribution in [0, 0.1) is 19.8 Å². The van der Waals surface area contributed by atoms with Gasteiger partial charge in [-0.3, -0.25) is 4.90 Å². The number of likely N-dealkylation sites (tertiary alicyclic amines) is 1. The van der Waals surface area contributed by atoms with E-state index in [1.165, 1.54) is 24.0 Å². The number of rotatable bonds is 3. The molecule has 2 atom stereocenters. The molecule has 0 unspecified atom stereocenters. The normalized spacial score (nSPS) is 20.2. The van der Waals surface area contributed by atoms with Gasteiger partial charge < -0.3 is 5.11 Å². The maximum Gasteiger partial charge on any atom is 0.230 e. The monoisotopic (exact) mass is 356 g/mol. The fourth-order valence-corrected chi connectivity index (χ4v) is 4.93. The molecule has 3 heterocycles. The number of hydrogen-bond donors (Lipinski definition) is 1. The van der Waals surface area contributed by atoms with Gasteiger partial charge in [0.05, 0.1) is 10.9 Å². The summed E-state index contributed by atoms with van der Waals surface area (Å²) in [6.45, 7) is 8.36. The summed E-state index contributed by atoms with van der Waals surface area (Å²) in [6.07, 6.45) is 2.47. The molecule has 3 aromatic rings. The van der Waals surface area contributed by atoms with Gasteiger partial charge in [-0.2, -0.15) is 4.52 Å². The summed E-state index contributed by atoms with van der Waals surface area (Å²) in [6, 6.07) is 8.71. The summed E-state index contributed by atoms with van der Waals surface area (Å²) in [5, 5.41) is 15.2. The van der Waals surface area contributed by atoms with Crippen molar-refractivity contribution in [3.05, 3.63) is 46.1 Å². The van der Waals surface area contributed by atoms with Crippen molar-refractivity contribution in [1.29, 1.82) is 0 Å². The van der Waals surface area contributed by atoms with Crippen molar-refractivity contribution < 1.29 is 5.11 Å². The van der Waals surface area contributed by atoms with Crippen molar-refractivity contribution in [2.75, 3.05) is 13.1 Å². The van der Waals surface area contributed by atoms with Crippen molar-refractivity contribution in [3.63, 3.8) is 0 Å². The molecular weight excluding hydrogens is 332 g/mol. The average molecular weight is 356 g/mol. The third-order valence-corrected chi connectivity index (χ3v) is 6.07. The summed E-state index contributed by atoms with van der Waals surface area (Å²) >= 11 is 1.54. The molecule has 6 heteroatoms. The Balaban J connectivity index is 1.81. The van der Waals surface area contributed by atoms with Gasteiger partial charge in [-0.15, -0.1) is 5.10 Å². The van der Waals surface area contributed by atoms with E-state index in [9.17, 15) is 5.11 Å². The molecule has 132 valence electrons. The van der Waals surface area contributed by atoms with Crippen LogP contribution in [0.15, 0.2) is 24.3 Å². The number of aromatic hydroxyl groups is 1. The van der Waals surface area contributed by atoms with E-state index in [1.807, 2.05) is 6.92 Å². The number of piperidine rings is 1. The molecule has 0 spiro atoms. The van der Waals surface area contributed by atoms with Crippen LogP contribution in [0.2, 0.25) is 0 Å². The number of hydrogen-bond acceptors (Lipinski definition) is 5. The third kappa shape index (κ3) is 3.04. The van der Waals surface area contributed by atoms with Crippen LogP contribution in [0.1, 0.15) is 47.6 Å². The zero-order chi connectivity index (χ0) is 17.6. The first kappa shape index (κ1) is 16.5. The second-order valence-electron chi connectivity index (χ2n) is 7.20. The first-order chi connectivity index (χ1) is 12.0. The lowest BCUT2D eigenvalue weighted by atomic mass is 9.95. The van der Waals surface area contributed by atoms with Gasteiger partial charge in [0.15, 0.2) is 0 Å². The molecule has 0 aliphatic carbocycles. The summed E-state index contributed by atoms with van der Waals surface area (Å²) in [7, 11) is 0. The highest BCUT2D eigenvalue weighted by atomic mass is 32.1. The molecule has 1 fully saturated rings. The molecule has 0 saturated carbocycles. The lowest BCUT2D eigenvalue weighted by Crippen LogP contribution is -2.37. The van der Waals surface area contributed by atoms with Crippen LogP contribution in [0.3, 0.4) is 0 Å². The van der Waals surface area contributed by atoms with E-state index in [2.05, 4.69) is 53.1 Å². The van der Waals surface area contributed by atoms with E-state index in [-0.39, 0.29) is 11.9 Å². The van der Waals surface area contributed by atoms with Gasteiger partial charge in [0.1, 0.15) is 5.82 Å². The lowest BCUT2D eigenvalue weighted by Gasteiger charge is -2.37. The zero-order valence-electron chi connectivity index (χ0n) is 14.9. The van der Waals surface area contributed by atoms with Gasteiger partial charge in [0.25, 0.3) is 0 Å². The standard InChI is InChI=1S/C19H24N4OS/c1-12-6-8-15(9-7-12)16(22-10-4-5-13(2)11-22)17-18(24)23-19(25-17)20-14(3)21-23/h6-9,13,16,24H,4-5,10-11H2,1-3H3/t13-,16+/m1/s1. The first-order valence-corrected chi connectivity index (χ1v) is 9.70. The second-order valence-corrected chi connectivity index (χ2v) is 8.21. The van der Waals surface area contributed by atoms with Gasteiger partial charge >= 0.3 is 0 Å². The molecule has 5 nitrogen and oxygen atoms in total. The zero-order valence-corrected chi connectivity index (χ0v) is 15.8. The average Bonchev–Trinajstić information content (AvgIpc) is 3.08. The Morgan fingerprint density at radius 2 is 2.00 bits per heavy atom. The molecule has 1 saturated heterocycles. The highest BCUT2D eigenvalue weighted by Crippen LogP contribution is 2.41. The minimum atomic E-state index is 0.0529. The topological polar surface area (TPSA) is 53.7 Å². The van der Waals surface area contributed by atoms with Crippen LogP contribution >= 0.6 is 11.3 Å². The van der Waals surface area contributed by atoms with E-state index >= 15 is 0 Å². The minimum absolute atomic E-state index is 0.0529. The molecule has 0 amide bonds. The van der Waals surface area contributed by atoms with Crippen molar-refractivity contribution in [1.82, 2.24) is 19.5 Å². The quantitative estimate of drug-likeness (QED) is 0.772. The molecule has 4 rings (SSSR count). The van der Waals surface area contributed by atoms with E-state index in [0.717, 1.165) is 22.9 Å². The Hall–Kier alpha value is -1.92. The number of nitrogens with zero attached hydrogens (tertiary/aromatic N) is 4. The van der Waals surface area contributed by atoms with E-state index in [1.54, 1.807) is 15.9 Å². The molecule has 0 radical (unpaired) electrons. The van der Waals surface area contributed by atoms with Gasteiger partial charge in [-0.25, -0.2) is 4.98 Å². The van der Waals surface area contributed by atoms with Gasteiger partial charge in [-0.05, 0) is 44.7 Å². The van der Waals surface area contributed by atoms with Crippen LogP contribution < -0.4 is 0 Å². The van der Waals surface area contributed by atoms with E-state index in [4.69, 9.17) is 0 Å². The van der Waals surface area contributed by atoms with Gasteiger partial charge in [0, 0.05) is 6.54 Å². The third-order valence-electron chi connectivity index (χ3n) is 5.00. The SMILES string of the molecule is Cc1ccc([C@@H](c2sc3nc(C)nn3c2O)N2CCC[C@@H](C)C2)cc1. The van der Waals surface area contributed by atoms with Crippen molar-refractivity contribution in [2.24, 2.45) is 5.92 Å². The second kappa shape index (κ2) is 6.42. The predicted octanol–water partition coefficient (Wildman–Crippen LogP) is 3.93. The van der Waals surface area contributed by atoms with Crippen molar-refractivity contribution >= 4 is 16.3 Å². The van der Waals surface area contributed by atoms with Crippen molar-refractivity contribution in [2.45, 2.75) is 39.7 Å². The number of thiazole rings is 1. The largest absolute Gasteiger partial charge is 0.492 e. The van der Waals surface area contributed by atoms with Crippen molar-refractivity contribution in [3.8, 4) is 5.88 Å². The Morgan fingerprint density at radius 3 is 2.68 bits per heavy atom. The fraction of sp³-hybridized carbons (Fsp3) is 0.474. The molecule has 1 N–H and O–H groups in total. The van der Waals surface area contributed by atoms with Crippen LogP contribution in [0.5, 0.6) is 5.88 Å². The predicted molar refractivity (Wildman–Crippen MR) is 100 cm³/mol. The summed E-state index contributed by atoms with van der Waals surface area (Å²) in [4.78, 5) is 8.63. The Morgan fingerprint density at radius 1 is 1.24 bits per heavy atom. The van der Waals surface area contributed by atoms with Crippen LogP contribution in [-0.4, -0.2) is 37.7 Å². The summed E-state index contributed by atoms with van der Waals surface area (Å²) < 4.78 is 1.57. The van der Waals surface area contributed by atoms with Gasteiger partial charge in [-0.1, -0.05) is 48.1 Å². The summed E-state index contributed by atoms with van der Waals surface area (Å²) in [5.74, 6) is 1.59. The molecule has 1 aliphatic rings. The molecule has 1 aromatic carbocycles. The van der Waals surface area contributed by atoms with E-state index < -0.39 is 0 Å². The number of benzene rings is 1. The maximum atomic E-state index is 10.8. The van der Waals surface area contributed by atoms with E-state index in [0.29, 0.717) is 11.7 Å². The number of fused-ring (bicyclic) bond motifs is 1. The Bertz CT molecular complexity index is 883. The Kier molecular flexibility index (Phi) is 4.25. The highest BCUT2D eigenvalue weighted by molar-refractivity contribution is 7.17.